The average Bonchev–Trinajstić information content (AvgIpc) is 2.68. The van der Waals surface area contributed by atoms with E-state index >= 15 is 0 Å². The summed E-state index contributed by atoms with van der Waals surface area (Å²) in [4.78, 5) is 4.33. The van der Waals surface area contributed by atoms with Gasteiger partial charge in [0, 0.05) is 10.6 Å². The minimum atomic E-state index is 0.681. The van der Waals surface area contributed by atoms with E-state index in [1.165, 1.54) is 0 Å². The molecule has 0 aliphatic heterocycles. The zero-order valence-electron chi connectivity index (χ0n) is 8.29. The van der Waals surface area contributed by atoms with Crippen LogP contribution in [-0.2, 0) is 6.54 Å². The summed E-state index contributed by atoms with van der Waals surface area (Å²) in [7, 11) is 1.87. The number of aromatic amines is 1. The Kier molecular flexibility index (Phi) is 2.99. The highest BCUT2D eigenvalue weighted by Crippen LogP contribution is 2.17. The molecule has 0 aliphatic rings. The van der Waals surface area contributed by atoms with Crippen LogP contribution in [0, 0.1) is 0 Å². The number of benzene rings is 1. The fourth-order valence-electron chi connectivity index (χ4n) is 1.27. The molecule has 2 aromatic rings. The first-order chi connectivity index (χ1) is 7.29. The molecule has 0 saturated heterocycles. The first kappa shape index (κ1) is 10.1. The fraction of sp³-hybridized carbons (Fsp3) is 0.200. The van der Waals surface area contributed by atoms with Gasteiger partial charge in [-0.25, -0.2) is 4.98 Å². The Balaban J connectivity index is 2.25. The van der Waals surface area contributed by atoms with Gasteiger partial charge in [-0.2, -0.15) is 5.10 Å². The lowest BCUT2D eigenvalue weighted by atomic mass is 10.2. The first-order valence-electron chi connectivity index (χ1n) is 4.61. The van der Waals surface area contributed by atoms with Crippen molar-refractivity contribution in [2.24, 2.45) is 0 Å². The number of H-pyrrole nitrogens is 1. The molecule has 0 saturated carbocycles. The van der Waals surface area contributed by atoms with Crippen LogP contribution in [0.4, 0.5) is 0 Å². The average molecular weight is 223 g/mol. The van der Waals surface area contributed by atoms with Crippen LogP contribution in [-0.4, -0.2) is 22.2 Å². The van der Waals surface area contributed by atoms with Crippen molar-refractivity contribution in [2.75, 3.05) is 7.05 Å². The molecule has 0 unspecified atom stereocenters. The molecule has 15 heavy (non-hydrogen) atoms. The Bertz CT molecular complexity index is 435. The lowest BCUT2D eigenvalue weighted by Crippen LogP contribution is -2.06. The molecule has 0 atom stereocenters. The maximum Gasteiger partial charge on any atom is 0.181 e. The number of hydrogen-bond donors (Lipinski definition) is 2. The Morgan fingerprint density at radius 2 is 2.07 bits per heavy atom. The van der Waals surface area contributed by atoms with Crippen molar-refractivity contribution in [2.45, 2.75) is 6.54 Å². The van der Waals surface area contributed by atoms with E-state index in [9.17, 15) is 0 Å². The molecule has 78 valence electrons. The number of nitrogens with zero attached hydrogens (tertiary/aromatic N) is 2. The van der Waals surface area contributed by atoms with Crippen LogP contribution in [0.1, 0.15) is 5.82 Å². The Labute approximate surface area is 92.7 Å². The second kappa shape index (κ2) is 4.42. The van der Waals surface area contributed by atoms with Gasteiger partial charge in [-0.3, -0.25) is 5.10 Å². The molecule has 1 heterocycles. The monoisotopic (exact) mass is 222 g/mol. The highest BCUT2D eigenvalue weighted by Gasteiger charge is 2.04. The predicted octanol–water partition coefficient (Wildman–Crippen LogP) is 1.84. The molecule has 0 fully saturated rings. The standard InChI is InChI=1S/C10H11ClN4/c1-12-6-9-13-10(15-14-9)7-2-4-8(11)5-3-7/h2-5,12H,6H2,1H3,(H,13,14,15). The van der Waals surface area contributed by atoms with Gasteiger partial charge in [0.05, 0.1) is 6.54 Å². The third-order valence-electron chi connectivity index (χ3n) is 1.98. The van der Waals surface area contributed by atoms with Gasteiger partial charge < -0.3 is 5.32 Å². The lowest BCUT2D eigenvalue weighted by molar-refractivity contribution is 0.763. The molecule has 2 rings (SSSR count). The van der Waals surface area contributed by atoms with Crippen LogP contribution in [0.3, 0.4) is 0 Å². The quantitative estimate of drug-likeness (QED) is 0.834. The molecule has 0 bridgehead atoms. The maximum atomic E-state index is 5.80. The largest absolute Gasteiger partial charge is 0.313 e. The first-order valence-corrected chi connectivity index (χ1v) is 4.99. The van der Waals surface area contributed by atoms with E-state index in [2.05, 4.69) is 20.5 Å². The fourth-order valence-corrected chi connectivity index (χ4v) is 1.40. The van der Waals surface area contributed by atoms with E-state index in [-0.39, 0.29) is 0 Å². The second-order valence-electron chi connectivity index (χ2n) is 3.14. The van der Waals surface area contributed by atoms with Gasteiger partial charge in [0.1, 0.15) is 5.82 Å². The van der Waals surface area contributed by atoms with Gasteiger partial charge in [-0.15, -0.1) is 0 Å². The summed E-state index contributed by atoms with van der Waals surface area (Å²) >= 11 is 5.80. The summed E-state index contributed by atoms with van der Waals surface area (Å²) in [5, 5.41) is 10.7. The van der Waals surface area contributed by atoms with Crippen LogP contribution >= 0.6 is 11.6 Å². The topological polar surface area (TPSA) is 53.6 Å². The van der Waals surface area contributed by atoms with Crippen molar-refractivity contribution < 1.29 is 0 Å². The van der Waals surface area contributed by atoms with E-state index in [1.54, 1.807) is 0 Å². The number of rotatable bonds is 3. The maximum absolute atomic E-state index is 5.80. The molecule has 0 spiro atoms. The summed E-state index contributed by atoms with van der Waals surface area (Å²) in [6, 6.07) is 7.44. The van der Waals surface area contributed by atoms with E-state index < -0.39 is 0 Å². The van der Waals surface area contributed by atoms with E-state index in [4.69, 9.17) is 11.6 Å². The zero-order chi connectivity index (χ0) is 10.7. The number of halogens is 1. The number of hydrogen-bond acceptors (Lipinski definition) is 3. The van der Waals surface area contributed by atoms with Crippen molar-refractivity contribution >= 4 is 11.6 Å². The van der Waals surface area contributed by atoms with Crippen molar-refractivity contribution in [3.05, 3.63) is 35.1 Å². The smallest absolute Gasteiger partial charge is 0.181 e. The molecular weight excluding hydrogens is 212 g/mol. The molecule has 1 aromatic heterocycles. The molecule has 0 amide bonds. The van der Waals surface area contributed by atoms with E-state index in [0.717, 1.165) is 11.4 Å². The molecule has 5 heteroatoms. The van der Waals surface area contributed by atoms with Crippen molar-refractivity contribution in [1.82, 2.24) is 20.5 Å². The highest BCUT2D eigenvalue weighted by atomic mass is 35.5. The molecule has 4 nitrogen and oxygen atoms in total. The third-order valence-corrected chi connectivity index (χ3v) is 2.23. The predicted molar refractivity (Wildman–Crippen MR) is 59.6 cm³/mol. The zero-order valence-corrected chi connectivity index (χ0v) is 9.04. The lowest BCUT2D eigenvalue weighted by Gasteiger charge is -1.94. The van der Waals surface area contributed by atoms with Gasteiger partial charge in [0.2, 0.25) is 0 Å². The third kappa shape index (κ3) is 2.34. The number of aromatic nitrogens is 3. The molecular formula is C10H11ClN4. The van der Waals surface area contributed by atoms with Gasteiger partial charge in [-0.05, 0) is 31.3 Å². The Hall–Kier alpha value is -1.39. The van der Waals surface area contributed by atoms with Gasteiger partial charge in [0.25, 0.3) is 0 Å². The summed E-state index contributed by atoms with van der Waals surface area (Å²) in [5.41, 5.74) is 0.956. The molecule has 0 aliphatic carbocycles. The molecule has 0 radical (unpaired) electrons. The van der Waals surface area contributed by atoms with E-state index in [1.807, 2.05) is 31.3 Å². The highest BCUT2D eigenvalue weighted by molar-refractivity contribution is 6.30. The summed E-state index contributed by atoms with van der Waals surface area (Å²) in [6.07, 6.45) is 0. The van der Waals surface area contributed by atoms with Gasteiger partial charge >= 0.3 is 0 Å². The summed E-state index contributed by atoms with van der Waals surface area (Å²) in [6.45, 7) is 0.681. The Morgan fingerprint density at radius 3 is 2.73 bits per heavy atom. The van der Waals surface area contributed by atoms with Gasteiger partial charge in [-0.1, -0.05) is 11.6 Å². The molecule has 2 N–H and O–H groups in total. The van der Waals surface area contributed by atoms with Crippen LogP contribution in [0.2, 0.25) is 5.02 Å². The summed E-state index contributed by atoms with van der Waals surface area (Å²) in [5.74, 6) is 1.51. The van der Waals surface area contributed by atoms with Crippen LogP contribution in [0.5, 0.6) is 0 Å². The SMILES string of the molecule is CNCc1nc(-c2ccc(Cl)cc2)n[nH]1. The minimum Gasteiger partial charge on any atom is -0.313 e. The number of nitrogens with one attached hydrogen (secondary N) is 2. The van der Waals surface area contributed by atoms with E-state index in [0.29, 0.717) is 17.4 Å². The minimum absolute atomic E-state index is 0.681. The van der Waals surface area contributed by atoms with Crippen LogP contribution < -0.4 is 5.32 Å². The van der Waals surface area contributed by atoms with Crippen LogP contribution in [0.15, 0.2) is 24.3 Å². The van der Waals surface area contributed by atoms with Gasteiger partial charge in [0.15, 0.2) is 5.82 Å². The van der Waals surface area contributed by atoms with Crippen LogP contribution in [0.25, 0.3) is 11.4 Å². The Morgan fingerprint density at radius 1 is 1.33 bits per heavy atom. The normalized spacial score (nSPS) is 10.5. The van der Waals surface area contributed by atoms with Crippen molar-refractivity contribution in [1.29, 1.82) is 0 Å². The summed E-state index contributed by atoms with van der Waals surface area (Å²) < 4.78 is 0. The van der Waals surface area contributed by atoms with Crippen molar-refractivity contribution in [3.63, 3.8) is 0 Å². The van der Waals surface area contributed by atoms with Crippen molar-refractivity contribution in [3.8, 4) is 11.4 Å². The second-order valence-corrected chi connectivity index (χ2v) is 3.58. The molecule has 1 aromatic carbocycles.